The van der Waals surface area contributed by atoms with Gasteiger partial charge in [-0.15, -0.1) is 0 Å². The predicted molar refractivity (Wildman–Crippen MR) is 97.0 cm³/mol. The second kappa shape index (κ2) is 8.19. The first-order valence-corrected chi connectivity index (χ1v) is 9.13. The van der Waals surface area contributed by atoms with E-state index in [1.807, 2.05) is 12.1 Å². The number of nitrogens with zero attached hydrogens (tertiary/aromatic N) is 2. The second-order valence-corrected chi connectivity index (χ2v) is 6.98. The first kappa shape index (κ1) is 17.5. The molecule has 2 aliphatic heterocycles. The van der Waals surface area contributed by atoms with Crippen LogP contribution in [0.15, 0.2) is 18.2 Å². The zero-order chi connectivity index (χ0) is 16.9. The highest BCUT2D eigenvalue weighted by Crippen LogP contribution is 2.34. The van der Waals surface area contributed by atoms with Crippen molar-refractivity contribution < 1.29 is 9.47 Å². The zero-order valence-corrected chi connectivity index (χ0v) is 15.3. The van der Waals surface area contributed by atoms with Gasteiger partial charge >= 0.3 is 0 Å². The van der Waals surface area contributed by atoms with Crippen molar-refractivity contribution in [2.45, 2.75) is 31.8 Å². The Morgan fingerprint density at radius 1 is 1.17 bits per heavy atom. The molecule has 1 N–H and O–H groups in total. The van der Waals surface area contributed by atoms with Crippen LogP contribution >= 0.6 is 0 Å². The summed E-state index contributed by atoms with van der Waals surface area (Å²) in [5.41, 5.74) is 1.25. The maximum atomic E-state index is 5.69. The summed E-state index contributed by atoms with van der Waals surface area (Å²) in [6.07, 6.45) is 2.64. The molecule has 1 aromatic rings. The van der Waals surface area contributed by atoms with E-state index in [2.05, 4.69) is 28.1 Å². The van der Waals surface area contributed by atoms with Crippen LogP contribution in [0.5, 0.6) is 11.5 Å². The average molecular weight is 333 g/mol. The fourth-order valence-electron chi connectivity index (χ4n) is 3.97. The minimum Gasteiger partial charge on any atom is -0.497 e. The molecule has 2 aliphatic rings. The topological polar surface area (TPSA) is 37.0 Å². The lowest BCUT2D eigenvalue weighted by molar-refractivity contribution is 0.115. The molecule has 1 aromatic carbocycles. The van der Waals surface area contributed by atoms with E-state index in [0.29, 0.717) is 12.1 Å². The minimum atomic E-state index is 0.345. The van der Waals surface area contributed by atoms with Crippen LogP contribution in [0.3, 0.4) is 0 Å². The number of piperazine rings is 1. The highest BCUT2D eigenvalue weighted by Gasteiger charge is 2.29. The molecule has 134 valence electrons. The number of methoxy groups -OCH3 is 2. The third-order valence-corrected chi connectivity index (χ3v) is 5.27. The number of benzene rings is 1. The van der Waals surface area contributed by atoms with E-state index in [9.17, 15) is 0 Å². The quantitative estimate of drug-likeness (QED) is 0.863. The van der Waals surface area contributed by atoms with Gasteiger partial charge < -0.3 is 19.7 Å². The lowest BCUT2D eigenvalue weighted by atomic mass is 10.0. The minimum absolute atomic E-state index is 0.345. The maximum Gasteiger partial charge on any atom is 0.123 e. The molecular weight excluding hydrogens is 302 g/mol. The normalized spacial score (nSPS) is 24.0. The first-order valence-electron chi connectivity index (χ1n) is 9.13. The number of rotatable bonds is 6. The Labute approximate surface area is 145 Å². The summed E-state index contributed by atoms with van der Waals surface area (Å²) in [6, 6.07) is 7.05. The third-order valence-electron chi connectivity index (χ3n) is 5.27. The van der Waals surface area contributed by atoms with E-state index >= 15 is 0 Å². The van der Waals surface area contributed by atoms with E-state index in [4.69, 9.17) is 9.47 Å². The van der Waals surface area contributed by atoms with Crippen LogP contribution in [-0.2, 0) is 0 Å². The fraction of sp³-hybridized carbons (Fsp3) is 0.684. The number of ether oxygens (including phenoxy) is 2. The van der Waals surface area contributed by atoms with E-state index < -0.39 is 0 Å². The fourth-order valence-corrected chi connectivity index (χ4v) is 3.97. The predicted octanol–water partition coefficient (Wildman–Crippen LogP) is 2.13. The molecule has 2 heterocycles. The molecule has 0 spiro atoms. The van der Waals surface area contributed by atoms with Gasteiger partial charge in [0, 0.05) is 37.8 Å². The molecule has 3 rings (SSSR count). The summed E-state index contributed by atoms with van der Waals surface area (Å²) in [5.74, 6) is 1.87. The molecule has 0 bridgehead atoms. The Kier molecular flexibility index (Phi) is 5.98. The van der Waals surface area contributed by atoms with E-state index in [1.165, 1.54) is 31.5 Å². The summed E-state index contributed by atoms with van der Waals surface area (Å²) in [6.45, 7) is 8.94. The Hall–Kier alpha value is -1.30. The van der Waals surface area contributed by atoms with Crippen LogP contribution in [0, 0.1) is 0 Å². The molecule has 0 aromatic heterocycles. The molecule has 2 atom stereocenters. The van der Waals surface area contributed by atoms with Crippen molar-refractivity contribution in [2.75, 3.05) is 53.5 Å². The molecule has 0 amide bonds. The summed E-state index contributed by atoms with van der Waals surface area (Å²) >= 11 is 0. The van der Waals surface area contributed by atoms with Gasteiger partial charge in [0.05, 0.1) is 20.3 Å². The van der Waals surface area contributed by atoms with Crippen LogP contribution < -0.4 is 14.8 Å². The summed E-state index contributed by atoms with van der Waals surface area (Å²) < 4.78 is 11.2. The Morgan fingerprint density at radius 3 is 2.62 bits per heavy atom. The standard InChI is InChI=1S/C19H31N3O2/c1-15-13-22(11-8-20-15)18(14-21-9-4-5-10-21)17-12-16(23-2)6-7-19(17)24-3/h6-7,12,15,18,20H,4-5,8-11,13-14H2,1-3H3. The van der Waals surface area contributed by atoms with E-state index in [-0.39, 0.29) is 0 Å². The molecule has 0 radical (unpaired) electrons. The van der Waals surface area contributed by atoms with Gasteiger partial charge in [-0.3, -0.25) is 4.90 Å². The third kappa shape index (κ3) is 4.02. The van der Waals surface area contributed by atoms with Crippen LogP contribution in [0.2, 0.25) is 0 Å². The molecule has 2 saturated heterocycles. The van der Waals surface area contributed by atoms with Gasteiger partial charge in [-0.1, -0.05) is 0 Å². The van der Waals surface area contributed by atoms with Crippen molar-refractivity contribution in [3.8, 4) is 11.5 Å². The molecule has 5 heteroatoms. The molecule has 0 aliphatic carbocycles. The van der Waals surface area contributed by atoms with Crippen LogP contribution in [0.25, 0.3) is 0 Å². The highest BCUT2D eigenvalue weighted by atomic mass is 16.5. The molecule has 24 heavy (non-hydrogen) atoms. The SMILES string of the molecule is COc1ccc(OC)c(C(CN2CCCC2)N2CCNC(C)C2)c1. The summed E-state index contributed by atoms with van der Waals surface area (Å²) in [5, 5.41) is 3.55. The van der Waals surface area contributed by atoms with E-state index in [0.717, 1.165) is 37.7 Å². The molecule has 2 unspecified atom stereocenters. The van der Waals surface area contributed by atoms with Crippen molar-refractivity contribution in [3.63, 3.8) is 0 Å². The van der Waals surface area contributed by atoms with Crippen LogP contribution in [0.1, 0.15) is 31.4 Å². The second-order valence-electron chi connectivity index (χ2n) is 6.98. The number of nitrogens with one attached hydrogen (secondary N) is 1. The smallest absolute Gasteiger partial charge is 0.123 e. The first-order chi connectivity index (χ1) is 11.7. The van der Waals surface area contributed by atoms with Crippen molar-refractivity contribution in [2.24, 2.45) is 0 Å². The lowest BCUT2D eigenvalue weighted by Crippen LogP contribution is -2.52. The number of hydrogen-bond acceptors (Lipinski definition) is 5. The number of hydrogen-bond donors (Lipinski definition) is 1. The average Bonchev–Trinajstić information content (AvgIpc) is 3.12. The Bertz CT molecular complexity index is 531. The van der Waals surface area contributed by atoms with Crippen LogP contribution in [-0.4, -0.2) is 69.3 Å². The Balaban J connectivity index is 1.90. The largest absolute Gasteiger partial charge is 0.497 e. The van der Waals surface area contributed by atoms with Gasteiger partial charge in [0.1, 0.15) is 11.5 Å². The zero-order valence-electron chi connectivity index (χ0n) is 15.3. The summed E-state index contributed by atoms with van der Waals surface area (Å²) in [4.78, 5) is 5.20. The van der Waals surface area contributed by atoms with Gasteiger partial charge in [-0.25, -0.2) is 0 Å². The lowest BCUT2D eigenvalue weighted by Gasteiger charge is -2.40. The molecular formula is C19H31N3O2. The van der Waals surface area contributed by atoms with Gasteiger partial charge in [-0.2, -0.15) is 0 Å². The van der Waals surface area contributed by atoms with Crippen molar-refractivity contribution in [1.82, 2.24) is 15.1 Å². The van der Waals surface area contributed by atoms with Crippen molar-refractivity contribution in [1.29, 1.82) is 0 Å². The van der Waals surface area contributed by atoms with Crippen LogP contribution in [0.4, 0.5) is 0 Å². The number of likely N-dealkylation sites (tertiary alicyclic amines) is 1. The Morgan fingerprint density at radius 2 is 1.96 bits per heavy atom. The van der Waals surface area contributed by atoms with Gasteiger partial charge in [0.15, 0.2) is 0 Å². The summed E-state index contributed by atoms with van der Waals surface area (Å²) in [7, 11) is 3.49. The van der Waals surface area contributed by atoms with Gasteiger partial charge in [0.2, 0.25) is 0 Å². The van der Waals surface area contributed by atoms with E-state index in [1.54, 1.807) is 14.2 Å². The highest BCUT2D eigenvalue weighted by molar-refractivity contribution is 5.42. The molecule has 5 nitrogen and oxygen atoms in total. The maximum absolute atomic E-state index is 5.69. The van der Waals surface area contributed by atoms with Gasteiger partial charge in [-0.05, 0) is 51.1 Å². The van der Waals surface area contributed by atoms with Gasteiger partial charge in [0.25, 0.3) is 0 Å². The monoisotopic (exact) mass is 333 g/mol. The van der Waals surface area contributed by atoms with Crippen molar-refractivity contribution >= 4 is 0 Å². The molecule has 0 saturated carbocycles. The molecule has 2 fully saturated rings. The van der Waals surface area contributed by atoms with Crippen molar-refractivity contribution in [3.05, 3.63) is 23.8 Å².